The zero-order valence-corrected chi connectivity index (χ0v) is 10.7. The lowest BCUT2D eigenvalue weighted by Crippen LogP contribution is -2.39. The van der Waals surface area contributed by atoms with Crippen molar-refractivity contribution in [1.29, 1.82) is 0 Å². The van der Waals surface area contributed by atoms with Crippen molar-refractivity contribution in [2.45, 2.75) is 32.4 Å². The number of rotatable bonds is 8. The first-order valence-electron chi connectivity index (χ1n) is 5.07. The minimum Gasteiger partial charge on any atom is -0.502 e. The Hall–Kier alpha value is -0.323. The van der Waals surface area contributed by atoms with E-state index in [0.717, 1.165) is 25.1 Å². The Kier molecular flexibility index (Phi) is 7.84. The van der Waals surface area contributed by atoms with Gasteiger partial charge in [-0.3, -0.25) is 0 Å². The first-order chi connectivity index (χ1) is 6.74. The van der Waals surface area contributed by atoms with E-state index in [9.17, 15) is 0 Å². The molecule has 0 aliphatic rings. The minimum atomic E-state index is -1.88. The van der Waals surface area contributed by atoms with Gasteiger partial charge in [-0.05, 0) is 25.4 Å². The predicted molar refractivity (Wildman–Crippen MR) is 60.4 cm³/mol. The molecule has 0 fully saturated rings. The number of allylic oxidation sites excluding steroid dienone is 1. The number of ether oxygens (including phenoxy) is 1. The molecule has 0 aliphatic carbocycles. The second-order valence-electron chi connectivity index (χ2n) is 3.12. The Bertz CT molecular complexity index is 147. The van der Waals surface area contributed by atoms with Crippen molar-refractivity contribution in [3.63, 3.8) is 0 Å². The number of hydrogen-bond acceptors (Lipinski definition) is 3. The Balaban J connectivity index is 3.71. The zero-order valence-electron chi connectivity index (χ0n) is 9.71. The molecule has 0 amide bonds. The van der Waals surface area contributed by atoms with Gasteiger partial charge in [0.25, 0.3) is 0 Å². The SMILES string of the molecule is CC=COCCC[Si](CC)(OC)OC. The monoisotopic (exact) mass is 218 g/mol. The van der Waals surface area contributed by atoms with Crippen LogP contribution in [0.15, 0.2) is 12.3 Å². The topological polar surface area (TPSA) is 27.7 Å². The molecule has 0 bridgehead atoms. The highest BCUT2D eigenvalue weighted by Crippen LogP contribution is 2.18. The molecule has 0 radical (unpaired) electrons. The maximum atomic E-state index is 5.49. The van der Waals surface area contributed by atoms with E-state index in [4.69, 9.17) is 13.6 Å². The average Bonchev–Trinajstić information content (AvgIpc) is 2.24. The molecule has 0 aliphatic heterocycles. The summed E-state index contributed by atoms with van der Waals surface area (Å²) in [5.41, 5.74) is 0. The second-order valence-corrected chi connectivity index (χ2v) is 6.96. The van der Waals surface area contributed by atoms with Crippen molar-refractivity contribution >= 4 is 8.56 Å². The Morgan fingerprint density at radius 3 is 2.29 bits per heavy atom. The van der Waals surface area contributed by atoms with E-state index < -0.39 is 8.56 Å². The molecule has 0 rings (SSSR count). The molecular formula is C10H22O3Si. The van der Waals surface area contributed by atoms with Crippen LogP contribution < -0.4 is 0 Å². The summed E-state index contributed by atoms with van der Waals surface area (Å²) in [5.74, 6) is 0. The lowest BCUT2D eigenvalue weighted by molar-refractivity contribution is 0.221. The van der Waals surface area contributed by atoms with Crippen LogP contribution in [0.5, 0.6) is 0 Å². The maximum Gasteiger partial charge on any atom is 0.337 e. The van der Waals surface area contributed by atoms with Crippen LogP contribution in [0.3, 0.4) is 0 Å². The maximum absolute atomic E-state index is 5.49. The van der Waals surface area contributed by atoms with Crippen LogP contribution in [0, 0.1) is 0 Å². The van der Waals surface area contributed by atoms with E-state index in [-0.39, 0.29) is 0 Å². The smallest absolute Gasteiger partial charge is 0.337 e. The molecule has 4 heteroatoms. The van der Waals surface area contributed by atoms with Crippen molar-refractivity contribution < 1.29 is 13.6 Å². The third-order valence-electron chi connectivity index (χ3n) is 2.33. The van der Waals surface area contributed by atoms with Gasteiger partial charge in [0.1, 0.15) is 0 Å². The quantitative estimate of drug-likeness (QED) is 0.356. The summed E-state index contributed by atoms with van der Waals surface area (Å²) >= 11 is 0. The highest BCUT2D eigenvalue weighted by molar-refractivity contribution is 6.67. The fourth-order valence-electron chi connectivity index (χ4n) is 1.34. The summed E-state index contributed by atoms with van der Waals surface area (Å²) in [7, 11) is 1.60. The number of hydrogen-bond donors (Lipinski definition) is 0. The van der Waals surface area contributed by atoms with Gasteiger partial charge in [0.15, 0.2) is 0 Å². The van der Waals surface area contributed by atoms with Crippen LogP contribution in [0.25, 0.3) is 0 Å². The molecule has 0 aromatic rings. The van der Waals surface area contributed by atoms with Crippen molar-refractivity contribution in [2.75, 3.05) is 20.8 Å². The third-order valence-corrected chi connectivity index (χ3v) is 6.02. The molecule has 3 nitrogen and oxygen atoms in total. The van der Waals surface area contributed by atoms with E-state index in [0.29, 0.717) is 0 Å². The molecular weight excluding hydrogens is 196 g/mol. The molecule has 14 heavy (non-hydrogen) atoms. The van der Waals surface area contributed by atoms with Crippen molar-refractivity contribution in [3.8, 4) is 0 Å². The van der Waals surface area contributed by atoms with Crippen molar-refractivity contribution in [3.05, 3.63) is 12.3 Å². The normalized spacial score (nSPS) is 12.3. The highest BCUT2D eigenvalue weighted by atomic mass is 28.4. The largest absolute Gasteiger partial charge is 0.502 e. The molecule has 0 aromatic carbocycles. The molecule has 84 valence electrons. The van der Waals surface area contributed by atoms with Gasteiger partial charge in [-0.1, -0.05) is 13.0 Å². The summed E-state index contributed by atoms with van der Waals surface area (Å²) in [5, 5.41) is 0. The van der Waals surface area contributed by atoms with Crippen LogP contribution >= 0.6 is 0 Å². The summed E-state index contributed by atoms with van der Waals surface area (Å²) < 4.78 is 16.2. The van der Waals surface area contributed by atoms with Crippen LogP contribution in [0.2, 0.25) is 12.1 Å². The molecule has 0 N–H and O–H groups in total. The lowest BCUT2D eigenvalue weighted by atomic mass is 10.5. The minimum absolute atomic E-state index is 0.742. The van der Waals surface area contributed by atoms with Gasteiger partial charge in [-0.25, -0.2) is 0 Å². The van der Waals surface area contributed by atoms with Gasteiger partial charge >= 0.3 is 8.56 Å². The fourth-order valence-corrected chi connectivity index (χ4v) is 3.53. The van der Waals surface area contributed by atoms with E-state index >= 15 is 0 Å². The van der Waals surface area contributed by atoms with Gasteiger partial charge in [0.2, 0.25) is 0 Å². The Morgan fingerprint density at radius 1 is 1.21 bits per heavy atom. The molecule has 0 aromatic heterocycles. The molecule has 0 saturated carbocycles. The first kappa shape index (κ1) is 13.7. The van der Waals surface area contributed by atoms with Crippen LogP contribution in [0.1, 0.15) is 20.3 Å². The lowest BCUT2D eigenvalue weighted by Gasteiger charge is -2.25. The van der Waals surface area contributed by atoms with Gasteiger partial charge in [0, 0.05) is 14.2 Å². The van der Waals surface area contributed by atoms with Crippen LogP contribution in [0.4, 0.5) is 0 Å². The van der Waals surface area contributed by atoms with Gasteiger partial charge in [-0.2, -0.15) is 0 Å². The first-order valence-corrected chi connectivity index (χ1v) is 7.30. The van der Waals surface area contributed by atoms with E-state index in [1.807, 2.05) is 13.0 Å². The standard InChI is InChI=1S/C10H22O3Si/c1-5-8-13-9-7-10-14(6-2,11-3)12-4/h5,8H,6-7,9-10H2,1-4H3. The average molecular weight is 218 g/mol. The summed E-state index contributed by atoms with van der Waals surface area (Å²) in [6.07, 6.45) is 4.60. The van der Waals surface area contributed by atoms with Gasteiger partial charge in [0.05, 0.1) is 12.9 Å². The highest BCUT2D eigenvalue weighted by Gasteiger charge is 2.32. The summed E-state index contributed by atoms with van der Waals surface area (Å²) in [6, 6.07) is 1.98. The Morgan fingerprint density at radius 2 is 1.86 bits per heavy atom. The molecule has 0 saturated heterocycles. The van der Waals surface area contributed by atoms with E-state index in [1.54, 1.807) is 20.5 Å². The predicted octanol–water partition coefficient (Wildman–Crippen LogP) is 2.68. The molecule has 0 unspecified atom stereocenters. The van der Waals surface area contributed by atoms with E-state index in [2.05, 4.69) is 6.92 Å². The van der Waals surface area contributed by atoms with Crippen molar-refractivity contribution in [2.24, 2.45) is 0 Å². The van der Waals surface area contributed by atoms with Gasteiger partial charge in [-0.15, -0.1) is 0 Å². The molecule has 0 atom stereocenters. The van der Waals surface area contributed by atoms with Crippen LogP contribution in [-0.2, 0) is 13.6 Å². The van der Waals surface area contributed by atoms with Crippen molar-refractivity contribution in [1.82, 2.24) is 0 Å². The summed E-state index contributed by atoms with van der Waals surface area (Å²) in [4.78, 5) is 0. The molecule has 0 heterocycles. The fraction of sp³-hybridized carbons (Fsp3) is 0.800. The zero-order chi connectivity index (χ0) is 10.9. The van der Waals surface area contributed by atoms with Crippen LogP contribution in [-0.4, -0.2) is 29.4 Å². The van der Waals surface area contributed by atoms with Gasteiger partial charge < -0.3 is 13.6 Å². The Labute approximate surface area is 88.3 Å². The van der Waals surface area contributed by atoms with E-state index in [1.165, 1.54) is 0 Å². The molecule has 0 spiro atoms. The summed E-state index contributed by atoms with van der Waals surface area (Å²) in [6.45, 7) is 4.80. The third kappa shape index (κ3) is 4.79. The second kappa shape index (κ2) is 8.02.